The summed E-state index contributed by atoms with van der Waals surface area (Å²) in [6, 6.07) is 9.28. The van der Waals surface area contributed by atoms with E-state index in [1.165, 1.54) is 11.1 Å². The van der Waals surface area contributed by atoms with Gasteiger partial charge in [0.25, 0.3) is 0 Å². The largest absolute Gasteiger partial charge is 0.318 e. The number of benzene rings is 1. The van der Waals surface area contributed by atoms with Crippen LogP contribution in [0.4, 0.5) is 0 Å². The van der Waals surface area contributed by atoms with E-state index in [0.29, 0.717) is 12.0 Å². The zero-order valence-electron chi connectivity index (χ0n) is 10.2. The summed E-state index contributed by atoms with van der Waals surface area (Å²) in [6.07, 6.45) is 0. The molecule has 0 aliphatic carbocycles. The molecule has 1 aromatic rings. The van der Waals surface area contributed by atoms with Gasteiger partial charge in [-0.2, -0.15) is 0 Å². The van der Waals surface area contributed by atoms with Gasteiger partial charge < -0.3 is 10.6 Å². The van der Waals surface area contributed by atoms with Gasteiger partial charge in [-0.25, -0.2) is 0 Å². The summed E-state index contributed by atoms with van der Waals surface area (Å²) in [5, 5.41) is 6.50. The zero-order chi connectivity index (χ0) is 11.3. The van der Waals surface area contributed by atoms with Crippen molar-refractivity contribution in [1.82, 2.24) is 10.6 Å². The lowest BCUT2D eigenvalue weighted by Crippen LogP contribution is -2.27. The van der Waals surface area contributed by atoms with Gasteiger partial charge in [0.15, 0.2) is 0 Å². The van der Waals surface area contributed by atoms with Crippen molar-refractivity contribution in [3.05, 3.63) is 35.4 Å². The molecule has 1 aromatic carbocycles. The Labute approximate surface area is 93.1 Å². The van der Waals surface area contributed by atoms with Gasteiger partial charge in [-0.1, -0.05) is 38.1 Å². The van der Waals surface area contributed by atoms with Crippen LogP contribution in [0.25, 0.3) is 0 Å². The van der Waals surface area contributed by atoms with Gasteiger partial charge in [0.1, 0.15) is 0 Å². The molecule has 0 saturated heterocycles. The quantitative estimate of drug-likeness (QED) is 0.772. The first kappa shape index (κ1) is 12.2. The summed E-state index contributed by atoms with van der Waals surface area (Å²) in [5.74, 6) is 0.608. The highest BCUT2D eigenvalue weighted by molar-refractivity contribution is 5.27. The fourth-order valence-electron chi connectivity index (χ4n) is 1.70. The third kappa shape index (κ3) is 3.33. The van der Waals surface area contributed by atoms with Gasteiger partial charge in [0.2, 0.25) is 0 Å². The number of nitrogens with one attached hydrogen (secondary N) is 2. The van der Waals surface area contributed by atoms with Crippen molar-refractivity contribution in [2.45, 2.75) is 25.8 Å². The molecule has 0 aliphatic heterocycles. The van der Waals surface area contributed by atoms with E-state index in [-0.39, 0.29) is 0 Å². The van der Waals surface area contributed by atoms with Crippen molar-refractivity contribution < 1.29 is 0 Å². The minimum Gasteiger partial charge on any atom is -0.318 e. The zero-order valence-corrected chi connectivity index (χ0v) is 10.2. The van der Waals surface area contributed by atoms with E-state index in [4.69, 9.17) is 0 Å². The monoisotopic (exact) mass is 206 g/mol. The van der Waals surface area contributed by atoms with Gasteiger partial charge in [-0.05, 0) is 31.1 Å². The molecule has 1 atom stereocenters. The maximum absolute atomic E-state index is 3.31. The maximum atomic E-state index is 3.31. The fourth-order valence-corrected chi connectivity index (χ4v) is 1.70. The number of likely N-dealkylation sites (N-methyl/N-ethyl adjacent to an activating group) is 2. The van der Waals surface area contributed by atoms with Crippen LogP contribution < -0.4 is 10.6 Å². The second-order valence-electron chi connectivity index (χ2n) is 4.22. The van der Waals surface area contributed by atoms with Crippen molar-refractivity contribution in [3.8, 4) is 0 Å². The normalized spacial score (nSPS) is 13.1. The van der Waals surface area contributed by atoms with E-state index in [0.717, 1.165) is 6.54 Å². The van der Waals surface area contributed by atoms with Crippen molar-refractivity contribution >= 4 is 0 Å². The molecule has 84 valence electrons. The first-order valence-electron chi connectivity index (χ1n) is 5.60. The van der Waals surface area contributed by atoms with Crippen LogP contribution in [-0.2, 0) is 0 Å². The van der Waals surface area contributed by atoms with Crippen molar-refractivity contribution in [2.75, 3.05) is 20.6 Å². The van der Waals surface area contributed by atoms with E-state index >= 15 is 0 Å². The molecule has 0 aromatic heterocycles. The van der Waals surface area contributed by atoms with Crippen LogP contribution >= 0.6 is 0 Å². The van der Waals surface area contributed by atoms with Gasteiger partial charge in [0.05, 0.1) is 0 Å². The third-order valence-corrected chi connectivity index (χ3v) is 2.76. The standard InChI is InChI=1S/C13H22N2/c1-10(2)11-5-7-12(8-6-11)13(15-4)9-14-3/h5-8,10,13-15H,9H2,1-4H3. The molecule has 0 fully saturated rings. The lowest BCUT2D eigenvalue weighted by atomic mass is 9.99. The second kappa shape index (κ2) is 5.89. The predicted octanol–water partition coefficient (Wildman–Crippen LogP) is 2.29. The molecule has 0 bridgehead atoms. The summed E-state index contributed by atoms with van der Waals surface area (Å²) in [5.41, 5.74) is 2.74. The molecule has 1 unspecified atom stereocenters. The Kier molecular flexibility index (Phi) is 4.79. The van der Waals surface area contributed by atoms with Crippen molar-refractivity contribution in [2.24, 2.45) is 0 Å². The highest BCUT2D eigenvalue weighted by Crippen LogP contribution is 2.18. The summed E-state index contributed by atoms with van der Waals surface area (Å²) < 4.78 is 0. The Bertz CT molecular complexity index is 277. The van der Waals surface area contributed by atoms with Gasteiger partial charge in [-0.3, -0.25) is 0 Å². The molecule has 2 nitrogen and oxygen atoms in total. The Morgan fingerprint density at radius 2 is 1.53 bits per heavy atom. The van der Waals surface area contributed by atoms with Crippen LogP contribution in [0.15, 0.2) is 24.3 Å². The fraction of sp³-hybridized carbons (Fsp3) is 0.538. The van der Waals surface area contributed by atoms with Crippen LogP contribution in [0.2, 0.25) is 0 Å². The Hall–Kier alpha value is -0.860. The molecule has 2 heteroatoms. The molecule has 0 saturated carbocycles. The predicted molar refractivity (Wildman–Crippen MR) is 66.3 cm³/mol. The molecular weight excluding hydrogens is 184 g/mol. The van der Waals surface area contributed by atoms with E-state index < -0.39 is 0 Å². The topological polar surface area (TPSA) is 24.1 Å². The first-order chi connectivity index (χ1) is 7.19. The van der Waals surface area contributed by atoms with E-state index in [2.05, 4.69) is 48.7 Å². The molecule has 0 radical (unpaired) electrons. The number of hydrogen-bond acceptors (Lipinski definition) is 2. The first-order valence-corrected chi connectivity index (χ1v) is 5.60. The molecule has 0 aliphatic rings. The highest BCUT2D eigenvalue weighted by atomic mass is 14.9. The van der Waals surface area contributed by atoms with Crippen molar-refractivity contribution in [1.29, 1.82) is 0 Å². The smallest absolute Gasteiger partial charge is 0.0444 e. The molecule has 1 rings (SSSR count). The Balaban J connectivity index is 2.77. The molecule has 0 amide bonds. The lowest BCUT2D eigenvalue weighted by molar-refractivity contribution is 0.558. The van der Waals surface area contributed by atoms with Crippen molar-refractivity contribution in [3.63, 3.8) is 0 Å². The molecule has 0 spiro atoms. The molecule has 15 heavy (non-hydrogen) atoms. The van der Waals surface area contributed by atoms with Gasteiger partial charge in [-0.15, -0.1) is 0 Å². The number of hydrogen-bond donors (Lipinski definition) is 2. The average molecular weight is 206 g/mol. The third-order valence-electron chi connectivity index (χ3n) is 2.76. The Morgan fingerprint density at radius 1 is 1.00 bits per heavy atom. The molecule has 2 N–H and O–H groups in total. The van der Waals surface area contributed by atoms with E-state index in [1.54, 1.807) is 0 Å². The number of rotatable bonds is 5. The SMILES string of the molecule is CNCC(NC)c1ccc(C(C)C)cc1. The summed E-state index contributed by atoms with van der Waals surface area (Å²) >= 11 is 0. The lowest BCUT2D eigenvalue weighted by Gasteiger charge is -2.17. The highest BCUT2D eigenvalue weighted by Gasteiger charge is 2.07. The van der Waals surface area contributed by atoms with Crippen LogP contribution in [0.3, 0.4) is 0 Å². The second-order valence-corrected chi connectivity index (χ2v) is 4.22. The van der Waals surface area contributed by atoms with Crippen LogP contribution in [0, 0.1) is 0 Å². The minimum absolute atomic E-state index is 0.399. The summed E-state index contributed by atoms with van der Waals surface area (Å²) in [7, 11) is 3.98. The molecular formula is C13H22N2. The van der Waals surface area contributed by atoms with Gasteiger partial charge >= 0.3 is 0 Å². The van der Waals surface area contributed by atoms with Gasteiger partial charge in [0, 0.05) is 12.6 Å². The van der Waals surface area contributed by atoms with E-state index in [1.807, 2.05) is 14.1 Å². The van der Waals surface area contributed by atoms with Crippen LogP contribution in [-0.4, -0.2) is 20.6 Å². The summed E-state index contributed by atoms with van der Waals surface area (Å²) in [6.45, 7) is 5.40. The maximum Gasteiger partial charge on any atom is 0.0444 e. The molecule has 0 heterocycles. The van der Waals surface area contributed by atoms with Crippen LogP contribution in [0.5, 0.6) is 0 Å². The average Bonchev–Trinajstić information content (AvgIpc) is 2.26. The van der Waals surface area contributed by atoms with E-state index in [9.17, 15) is 0 Å². The summed E-state index contributed by atoms with van der Waals surface area (Å²) in [4.78, 5) is 0. The minimum atomic E-state index is 0.399. The van der Waals surface area contributed by atoms with Crippen LogP contribution in [0.1, 0.15) is 36.9 Å². The Morgan fingerprint density at radius 3 is 1.93 bits per heavy atom.